The molecule has 0 fully saturated rings. The molecule has 0 spiro atoms. The lowest BCUT2D eigenvalue weighted by molar-refractivity contribution is 0.822. The van der Waals surface area contributed by atoms with Crippen molar-refractivity contribution in [2.45, 2.75) is 20.3 Å². The summed E-state index contributed by atoms with van der Waals surface area (Å²) in [4.78, 5) is 8.96. The molecule has 1 aromatic carbocycles. The molecule has 102 valence electrons. The first-order valence-electron chi connectivity index (χ1n) is 6.52. The number of nitrogen functional groups attached to an aromatic ring is 1. The molecular formula is C14H16N6. The van der Waals surface area contributed by atoms with E-state index in [2.05, 4.69) is 20.5 Å². The Bertz CT molecular complexity index is 761. The van der Waals surface area contributed by atoms with E-state index in [-0.39, 0.29) is 0 Å². The Labute approximate surface area is 116 Å². The predicted octanol–water partition coefficient (Wildman–Crippen LogP) is 1.97. The minimum Gasteiger partial charge on any atom is -0.308 e. The number of fused-ring (bicyclic) bond motifs is 1. The van der Waals surface area contributed by atoms with Crippen molar-refractivity contribution in [1.29, 1.82) is 0 Å². The number of para-hydroxylation sites is 1. The average Bonchev–Trinajstić information content (AvgIpc) is 2.91. The number of anilines is 1. The maximum absolute atomic E-state index is 5.54. The van der Waals surface area contributed by atoms with Crippen LogP contribution in [0.5, 0.6) is 0 Å². The Balaban J connectivity index is 2.28. The smallest absolute Gasteiger partial charge is 0.162 e. The van der Waals surface area contributed by atoms with Crippen LogP contribution in [0.2, 0.25) is 0 Å². The molecule has 0 radical (unpaired) electrons. The van der Waals surface area contributed by atoms with Crippen LogP contribution in [-0.2, 0) is 6.42 Å². The fourth-order valence-corrected chi connectivity index (χ4v) is 2.20. The number of nitrogens with one attached hydrogen (secondary N) is 1. The van der Waals surface area contributed by atoms with Crippen molar-refractivity contribution in [3.63, 3.8) is 0 Å². The van der Waals surface area contributed by atoms with E-state index in [9.17, 15) is 0 Å². The van der Waals surface area contributed by atoms with Gasteiger partial charge in [0.2, 0.25) is 0 Å². The molecule has 3 N–H and O–H groups in total. The van der Waals surface area contributed by atoms with Crippen molar-refractivity contribution < 1.29 is 0 Å². The molecule has 6 nitrogen and oxygen atoms in total. The van der Waals surface area contributed by atoms with Crippen LogP contribution in [-0.4, -0.2) is 19.7 Å². The Hall–Kier alpha value is -2.47. The highest BCUT2D eigenvalue weighted by Crippen LogP contribution is 2.22. The third-order valence-corrected chi connectivity index (χ3v) is 3.30. The van der Waals surface area contributed by atoms with E-state index in [0.717, 1.165) is 34.5 Å². The molecule has 0 saturated heterocycles. The van der Waals surface area contributed by atoms with Crippen molar-refractivity contribution in [2.24, 2.45) is 5.84 Å². The molecule has 0 unspecified atom stereocenters. The topological polar surface area (TPSA) is 81.6 Å². The van der Waals surface area contributed by atoms with E-state index in [1.807, 2.05) is 49.0 Å². The summed E-state index contributed by atoms with van der Waals surface area (Å²) in [5, 5.41) is 5.51. The van der Waals surface area contributed by atoms with Gasteiger partial charge in [0.15, 0.2) is 5.82 Å². The SMILES string of the molecule is CCc1nc(NN)c(C)c(-n2ncc3ccccc32)n1. The van der Waals surface area contributed by atoms with Crippen LogP contribution >= 0.6 is 0 Å². The Morgan fingerprint density at radius 2 is 2.05 bits per heavy atom. The van der Waals surface area contributed by atoms with Crippen LogP contribution in [0, 0.1) is 6.92 Å². The van der Waals surface area contributed by atoms with Gasteiger partial charge in [0.1, 0.15) is 11.6 Å². The van der Waals surface area contributed by atoms with Gasteiger partial charge in [-0.1, -0.05) is 25.1 Å². The van der Waals surface area contributed by atoms with Crippen molar-refractivity contribution in [2.75, 3.05) is 5.43 Å². The minimum absolute atomic E-state index is 0.631. The van der Waals surface area contributed by atoms with Crippen LogP contribution in [0.15, 0.2) is 30.5 Å². The van der Waals surface area contributed by atoms with Gasteiger partial charge in [0.25, 0.3) is 0 Å². The van der Waals surface area contributed by atoms with Crippen molar-refractivity contribution in [3.8, 4) is 5.82 Å². The van der Waals surface area contributed by atoms with Crippen LogP contribution in [0.25, 0.3) is 16.7 Å². The summed E-state index contributed by atoms with van der Waals surface area (Å²) >= 11 is 0. The second-order valence-electron chi connectivity index (χ2n) is 4.55. The molecule has 3 rings (SSSR count). The lowest BCUT2D eigenvalue weighted by Gasteiger charge is -2.12. The maximum Gasteiger partial charge on any atom is 0.162 e. The summed E-state index contributed by atoms with van der Waals surface area (Å²) < 4.78 is 1.83. The number of hydrazine groups is 1. The fraction of sp³-hybridized carbons (Fsp3) is 0.214. The quantitative estimate of drug-likeness (QED) is 0.560. The predicted molar refractivity (Wildman–Crippen MR) is 78.6 cm³/mol. The van der Waals surface area contributed by atoms with Gasteiger partial charge in [-0.2, -0.15) is 5.10 Å². The highest BCUT2D eigenvalue weighted by molar-refractivity contribution is 5.80. The maximum atomic E-state index is 5.54. The van der Waals surface area contributed by atoms with Crippen molar-refractivity contribution in [3.05, 3.63) is 41.9 Å². The van der Waals surface area contributed by atoms with Crippen molar-refractivity contribution >= 4 is 16.7 Å². The van der Waals surface area contributed by atoms with Gasteiger partial charge in [0.05, 0.1) is 11.7 Å². The molecule has 2 heterocycles. The first-order valence-corrected chi connectivity index (χ1v) is 6.52. The van der Waals surface area contributed by atoms with Crippen LogP contribution < -0.4 is 11.3 Å². The summed E-state index contributed by atoms with van der Waals surface area (Å²) in [5.41, 5.74) is 4.52. The van der Waals surface area contributed by atoms with Gasteiger partial charge in [0, 0.05) is 17.4 Å². The van der Waals surface area contributed by atoms with Gasteiger partial charge in [-0.3, -0.25) is 0 Å². The zero-order valence-electron chi connectivity index (χ0n) is 11.5. The molecule has 0 aliphatic heterocycles. The van der Waals surface area contributed by atoms with Gasteiger partial charge in [-0.25, -0.2) is 20.5 Å². The summed E-state index contributed by atoms with van der Waals surface area (Å²) in [6.07, 6.45) is 2.57. The van der Waals surface area contributed by atoms with E-state index < -0.39 is 0 Å². The molecule has 2 aromatic heterocycles. The molecule has 6 heteroatoms. The first kappa shape index (κ1) is 12.6. The van der Waals surface area contributed by atoms with Crippen LogP contribution in [0.1, 0.15) is 18.3 Å². The average molecular weight is 268 g/mol. The Morgan fingerprint density at radius 1 is 1.25 bits per heavy atom. The molecule has 0 atom stereocenters. The van der Waals surface area contributed by atoms with E-state index in [1.165, 1.54) is 0 Å². The molecule has 0 aliphatic carbocycles. The lowest BCUT2D eigenvalue weighted by atomic mass is 10.2. The first-order chi connectivity index (χ1) is 9.74. The summed E-state index contributed by atoms with van der Waals surface area (Å²) in [7, 11) is 0. The number of hydrogen-bond donors (Lipinski definition) is 2. The van der Waals surface area contributed by atoms with Gasteiger partial charge < -0.3 is 5.43 Å². The highest BCUT2D eigenvalue weighted by Gasteiger charge is 2.13. The number of aryl methyl sites for hydroxylation is 1. The number of benzene rings is 1. The number of nitrogens with zero attached hydrogens (tertiary/aromatic N) is 4. The second-order valence-corrected chi connectivity index (χ2v) is 4.55. The molecule has 20 heavy (non-hydrogen) atoms. The number of rotatable bonds is 3. The lowest BCUT2D eigenvalue weighted by Crippen LogP contribution is -2.15. The van der Waals surface area contributed by atoms with Crippen molar-refractivity contribution in [1.82, 2.24) is 19.7 Å². The number of hydrogen-bond acceptors (Lipinski definition) is 5. The molecular weight excluding hydrogens is 252 g/mol. The molecule has 0 saturated carbocycles. The largest absolute Gasteiger partial charge is 0.308 e. The van der Waals surface area contributed by atoms with Crippen LogP contribution in [0.3, 0.4) is 0 Å². The standard InChI is InChI=1S/C14H16N6/c1-3-12-17-13(19-15)9(2)14(18-12)20-11-7-5-4-6-10(11)8-16-20/h4-8H,3,15H2,1-2H3,(H,17,18,19). The van der Waals surface area contributed by atoms with Gasteiger partial charge in [-0.15, -0.1) is 0 Å². The third-order valence-electron chi connectivity index (χ3n) is 3.30. The molecule has 0 aliphatic rings. The molecule has 3 aromatic rings. The van der Waals surface area contributed by atoms with E-state index in [4.69, 9.17) is 5.84 Å². The second kappa shape index (κ2) is 4.90. The van der Waals surface area contributed by atoms with E-state index >= 15 is 0 Å². The molecule has 0 amide bonds. The summed E-state index contributed by atoms with van der Waals surface area (Å²) in [6.45, 7) is 3.94. The van der Waals surface area contributed by atoms with Crippen LogP contribution in [0.4, 0.5) is 5.82 Å². The van der Waals surface area contributed by atoms with E-state index in [1.54, 1.807) is 0 Å². The summed E-state index contributed by atoms with van der Waals surface area (Å²) in [6, 6.07) is 8.02. The van der Waals surface area contributed by atoms with E-state index in [0.29, 0.717) is 5.82 Å². The third kappa shape index (κ3) is 1.90. The summed E-state index contributed by atoms with van der Waals surface area (Å²) in [5.74, 6) is 7.66. The molecule has 0 bridgehead atoms. The monoisotopic (exact) mass is 268 g/mol. The number of aromatic nitrogens is 4. The van der Waals surface area contributed by atoms with Gasteiger partial charge >= 0.3 is 0 Å². The zero-order valence-corrected chi connectivity index (χ0v) is 11.5. The normalized spacial score (nSPS) is 10.9. The minimum atomic E-state index is 0.631. The fourth-order valence-electron chi connectivity index (χ4n) is 2.20. The highest BCUT2D eigenvalue weighted by atomic mass is 15.3. The Kier molecular flexibility index (Phi) is 3.08. The van der Waals surface area contributed by atoms with Gasteiger partial charge in [-0.05, 0) is 13.0 Å². The zero-order chi connectivity index (χ0) is 14.1. The number of nitrogens with two attached hydrogens (primary N) is 1. The Morgan fingerprint density at radius 3 is 2.80 bits per heavy atom.